The Bertz CT molecular complexity index is 898. The number of hydrogen-bond acceptors (Lipinski definition) is 5. The van der Waals surface area contributed by atoms with Crippen LogP contribution in [0, 0.1) is 5.92 Å². The van der Waals surface area contributed by atoms with Crippen LogP contribution in [-0.4, -0.2) is 30.1 Å². The average molecular weight is 428 g/mol. The Balaban J connectivity index is 1.86. The van der Waals surface area contributed by atoms with E-state index in [1.165, 1.54) is 0 Å². The summed E-state index contributed by atoms with van der Waals surface area (Å²) in [6, 6.07) is 13.5. The van der Waals surface area contributed by atoms with Crippen molar-refractivity contribution in [3.05, 3.63) is 72.3 Å². The molecule has 0 atom stereocenters. The second kappa shape index (κ2) is 11.6. The molecule has 2 aromatic rings. The van der Waals surface area contributed by atoms with Gasteiger partial charge in [-0.3, -0.25) is 25.8 Å². The molecule has 8 heteroatoms. The molecule has 158 valence electrons. The smallest absolute Gasteiger partial charge is 0.273 e. The van der Waals surface area contributed by atoms with Gasteiger partial charge in [0.1, 0.15) is 18.1 Å². The Hall–Kier alpha value is -3.39. The summed E-state index contributed by atoms with van der Waals surface area (Å²) in [5.74, 6) is 0.633. The summed E-state index contributed by atoms with van der Waals surface area (Å²) in [6.07, 6.45) is 1.58. The van der Waals surface area contributed by atoms with E-state index in [2.05, 4.69) is 36.6 Å². The Kier molecular flexibility index (Phi) is 8.83. The summed E-state index contributed by atoms with van der Waals surface area (Å²) in [5.41, 5.74) is 5.67. The fraction of sp³-hybridized carbons (Fsp3) is 0.227. The van der Waals surface area contributed by atoms with Crippen LogP contribution < -0.4 is 25.6 Å². The first-order chi connectivity index (χ1) is 14.4. The third-order valence-electron chi connectivity index (χ3n) is 3.70. The number of nitrogens with one attached hydrogen (secondary N) is 3. The van der Waals surface area contributed by atoms with Gasteiger partial charge in [-0.15, -0.1) is 0 Å². The number of carbonyl (C=O) groups excluding carboxylic acids is 2. The number of hydrazine groups is 1. The molecule has 0 bridgehead atoms. The maximum Gasteiger partial charge on any atom is 0.273 e. The van der Waals surface area contributed by atoms with Crippen LogP contribution in [0.4, 0.5) is 0 Å². The summed E-state index contributed by atoms with van der Waals surface area (Å²) in [4.78, 5) is 24.7. The van der Waals surface area contributed by atoms with E-state index >= 15 is 0 Å². The van der Waals surface area contributed by atoms with Gasteiger partial charge in [0.15, 0.2) is 5.11 Å². The molecule has 0 unspecified atom stereocenters. The van der Waals surface area contributed by atoms with Crippen LogP contribution in [0.2, 0.25) is 0 Å². The molecule has 3 N–H and O–H groups in total. The van der Waals surface area contributed by atoms with E-state index in [-0.39, 0.29) is 11.7 Å². The van der Waals surface area contributed by atoms with Crippen molar-refractivity contribution in [1.29, 1.82) is 0 Å². The fourth-order valence-corrected chi connectivity index (χ4v) is 2.43. The molecule has 7 nitrogen and oxygen atoms in total. The minimum Gasteiger partial charge on any atom is -0.493 e. The molecule has 0 aromatic heterocycles. The van der Waals surface area contributed by atoms with Gasteiger partial charge in [-0.2, -0.15) is 0 Å². The molecule has 0 saturated carbocycles. The average Bonchev–Trinajstić information content (AvgIpc) is 2.75. The van der Waals surface area contributed by atoms with Gasteiger partial charge < -0.3 is 9.47 Å². The van der Waals surface area contributed by atoms with Crippen molar-refractivity contribution in [2.45, 2.75) is 13.8 Å². The maximum atomic E-state index is 12.4. The van der Waals surface area contributed by atoms with Crippen LogP contribution in [0.15, 0.2) is 61.2 Å². The highest BCUT2D eigenvalue weighted by molar-refractivity contribution is 7.80. The van der Waals surface area contributed by atoms with E-state index in [0.717, 1.165) is 0 Å². The number of rotatable bonds is 8. The highest BCUT2D eigenvalue weighted by Gasteiger charge is 2.13. The minimum atomic E-state index is -0.460. The van der Waals surface area contributed by atoms with Crippen molar-refractivity contribution in [3.8, 4) is 11.5 Å². The van der Waals surface area contributed by atoms with Crippen molar-refractivity contribution < 1.29 is 19.1 Å². The molecule has 2 amide bonds. The van der Waals surface area contributed by atoms with Crippen LogP contribution in [0.5, 0.6) is 11.5 Å². The van der Waals surface area contributed by atoms with E-state index in [4.69, 9.17) is 21.7 Å². The van der Waals surface area contributed by atoms with Gasteiger partial charge in [0.2, 0.25) is 0 Å². The van der Waals surface area contributed by atoms with E-state index in [0.29, 0.717) is 35.2 Å². The Morgan fingerprint density at radius 2 is 1.73 bits per heavy atom. The monoisotopic (exact) mass is 427 g/mol. The van der Waals surface area contributed by atoms with Crippen molar-refractivity contribution in [2.75, 3.05) is 13.2 Å². The third kappa shape index (κ3) is 7.21. The zero-order valence-corrected chi connectivity index (χ0v) is 17.8. The Morgan fingerprint density at radius 1 is 1.03 bits per heavy atom. The third-order valence-corrected chi connectivity index (χ3v) is 3.91. The molecule has 30 heavy (non-hydrogen) atoms. The Labute approximate surface area is 181 Å². The van der Waals surface area contributed by atoms with Gasteiger partial charge in [0.05, 0.1) is 12.2 Å². The summed E-state index contributed by atoms with van der Waals surface area (Å²) in [7, 11) is 0. The van der Waals surface area contributed by atoms with E-state index in [1.807, 2.05) is 0 Å². The summed E-state index contributed by atoms with van der Waals surface area (Å²) >= 11 is 5.07. The lowest BCUT2D eigenvalue weighted by Crippen LogP contribution is -2.48. The number of para-hydroxylation sites is 1. The van der Waals surface area contributed by atoms with Crippen LogP contribution in [0.1, 0.15) is 34.6 Å². The van der Waals surface area contributed by atoms with Gasteiger partial charge in [0.25, 0.3) is 11.8 Å². The van der Waals surface area contributed by atoms with Crippen molar-refractivity contribution >= 4 is 29.1 Å². The van der Waals surface area contributed by atoms with Gasteiger partial charge in [-0.25, -0.2) is 0 Å². The molecule has 0 fully saturated rings. The fourth-order valence-electron chi connectivity index (χ4n) is 2.28. The lowest BCUT2D eigenvalue weighted by molar-refractivity contribution is 0.0931. The summed E-state index contributed by atoms with van der Waals surface area (Å²) in [6.45, 7) is 8.56. The molecular formula is C22H25N3O4S. The summed E-state index contributed by atoms with van der Waals surface area (Å²) in [5, 5.41) is 2.46. The second-order valence-electron chi connectivity index (χ2n) is 6.69. The number of carbonyl (C=O) groups is 2. The van der Waals surface area contributed by atoms with Crippen molar-refractivity contribution in [1.82, 2.24) is 16.2 Å². The zero-order chi connectivity index (χ0) is 21.9. The highest BCUT2D eigenvalue weighted by atomic mass is 32.1. The van der Waals surface area contributed by atoms with E-state index in [1.54, 1.807) is 54.6 Å². The normalized spacial score (nSPS) is 10.1. The van der Waals surface area contributed by atoms with Crippen molar-refractivity contribution in [2.24, 2.45) is 5.92 Å². The molecule has 0 radical (unpaired) electrons. The molecule has 0 saturated heterocycles. The van der Waals surface area contributed by atoms with Crippen LogP contribution in [-0.2, 0) is 0 Å². The number of amides is 2. The lowest BCUT2D eigenvalue weighted by Gasteiger charge is -2.13. The van der Waals surface area contributed by atoms with Crippen molar-refractivity contribution in [3.63, 3.8) is 0 Å². The standard InChI is InChI=1S/C22H25N3O4S/c1-4-13-28-19-8-6-5-7-18(19)21(27)24-25-22(30)23-20(26)16-9-11-17(12-10-16)29-14-15(2)3/h4-12,15H,1,13-14H2,2-3H3,(H,24,27)(H2,23,25,26,30). The van der Waals surface area contributed by atoms with Crippen LogP contribution >= 0.6 is 12.2 Å². The highest BCUT2D eigenvalue weighted by Crippen LogP contribution is 2.17. The predicted molar refractivity (Wildman–Crippen MR) is 120 cm³/mol. The predicted octanol–water partition coefficient (Wildman–Crippen LogP) is 3.24. The molecule has 0 aliphatic heterocycles. The first kappa shape index (κ1) is 22.9. The lowest BCUT2D eigenvalue weighted by atomic mass is 10.2. The van der Waals surface area contributed by atoms with E-state index in [9.17, 15) is 9.59 Å². The van der Waals surface area contributed by atoms with E-state index < -0.39 is 11.8 Å². The number of benzene rings is 2. The number of hydrogen-bond donors (Lipinski definition) is 3. The van der Waals surface area contributed by atoms with Gasteiger partial charge in [-0.1, -0.05) is 38.6 Å². The first-order valence-electron chi connectivity index (χ1n) is 9.38. The van der Waals surface area contributed by atoms with Crippen LogP contribution in [0.25, 0.3) is 0 Å². The first-order valence-corrected chi connectivity index (χ1v) is 9.78. The number of thiocarbonyl (C=S) groups is 1. The molecule has 0 aliphatic rings. The second-order valence-corrected chi connectivity index (χ2v) is 7.10. The molecule has 0 spiro atoms. The van der Waals surface area contributed by atoms with Gasteiger partial charge in [-0.05, 0) is 54.5 Å². The molecule has 2 aromatic carbocycles. The molecule has 0 heterocycles. The molecule has 0 aliphatic carbocycles. The zero-order valence-electron chi connectivity index (χ0n) is 16.9. The maximum absolute atomic E-state index is 12.4. The molecular weight excluding hydrogens is 402 g/mol. The van der Waals surface area contributed by atoms with Gasteiger partial charge in [0, 0.05) is 5.56 Å². The van der Waals surface area contributed by atoms with Crippen LogP contribution in [0.3, 0.4) is 0 Å². The largest absolute Gasteiger partial charge is 0.493 e. The topological polar surface area (TPSA) is 88.7 Å². The Morgan fingerprint density at radius 3 is 2.40 bits per heavy atom. The summed E-state index contributed by atoms with van der Waals surface area (Å²) < 4.78 is 11.0. The SMILES string of the molecule is C=CCOc1ccccc1C(=O)NNC(=S)NC(=O)c1ccc(OCC(C)C)cc1. The molecule has 2 rings (SSSR count). The number of ether oxygens (including phenoxy) is 2. The quantitative estimate of drug-likeness (QED) is 0.341. The van der Waals surface area contributed by atoms with Gasteiger partial charge >= 0.3 is 0 Å². The minimum absolute atomic E-state index is 0.0435.